The maximum Gasteiger partial charge on any atom is 0.429 e. The zero-order valence-corrected chi connectivity index (χ0v) is 20.8. The molecule has 214 valence electrons. The Morgan fingerprint density at radius 3 is 2.15 bits per heavy atom. The number of anilines is 1. The maximum atomic E-state index is 14.1. The molecule has 0 radical (unpaired) electrons. The predicted molar refractivity (Wildman–Crippen MR) is 135 cm³/mol. The van der Waals surface area contributed by atoms with Gasteiger partial charge in [-0.15, -0.1) is 0 Å². The number of nitrogen functional groups attached to an aromatic ring is 1. The molecule has 8 nitrogen and oxygen atoms in total. The lowest BCUT2D eigenvalue weighted by atomic mass is 9.99. The first-order valence-electron chi connectivity index (χ1n) is 11.8. The number of hydrogen-bond donors (Lipinski definition) is 3. The monoisotopic (exact) mass is 577 g/mol. The lowest BCUT2D eigenvalue weighted by Gasteiger charge is -2.22. The summed E-state index contributed by atoms with van der Waals surface area (Å²) in [4.78, 5) is 22.4. The number of nitrogens with two attached hydrogens (primary N) is 2. The molecule has 41 heavy (non-hydrogen) atoms. The van der Waals surface area contributed by atoms with Crippen molar-refractivity contribution in [2.45, 2.75) is 30.9 Å². The first kappa shape index (κ1) is 29.3. The summed E-state index contributed by atoms with van der Waals surface area (Å²) in [6, 6.07) is 11.3. The van der Waals surface area contributed by atoms with Crippen LogP contribution in [0.15, 0.2) is 73.1 Å². The highest BCUT2D eigenvalue weighted by Crippen LogP contribution is 2.40. The van der Waals surface area contributed by atoms with Crippen molar-refractivity contribution in [3.05, 3.63) is 89.7 Å². The standard InChI is InChI=1S/C27H21F6N5O3/c28-26(29,30)19-9-10-36-13-18(19)15-5-7-17(8-6-15)23(27(31,32)33)41-22-12-21(37-25(35)38-22)16-3-1-14(2-4-16)11-20(34)24(39)40/h1-10,12-13,20,23H,11,34H2,(H,39,40)(H2,35,37,38)/t20-,23+/m0/s1. The average molecular weight is 577 g/mol. The van der Waals surface area contributed by atoms with Crippen molar-refractivity contribution in [3.8, 4) is 28.3 Å². The summed E-state index contributed by atoms with van der Waals surface area (Å²) >= 11 is 0. The van der Waals surface area contributed by atoms with E-state index in [4.69, 9.17) is 21.3 Å². The lowest BCUT2D eigenvalue weighted by Crippen LogP contribution is -2.32. The van der Waals surface area contributed by atoms with Gasteiger partial charge in [-0.2, -0.15) is 31.3 Å². The number of hydrogen-bond acceptors (Lipinski definition) is 7. The highest BCUT2D eigenvalue weighted by Gasteiger charge is 2.43. The summed E-state index contributed by atoms with van der Waals surface area (Å²) in [5, 5.41) is 8.96. The number of ether oxygens (including phenoxy) is 1. The van der Waals surface area contributed by atoms with Gasteiger partial charge in [0.05, 0.1) is 11.3 Å². The molecule has 4 rings (SSSR count). The molecular weight excluding hydrogens is 556 g/mol. The third-order valence-electron chi connectivity index (χ3n) is 5.93. The van der Waals surface area contributed by atoms with Gasteiger partial charge in [0.1, 0.15) is 6.04 Å². The van der Waals surface area contributed by atoms with E-state index >= 15 is 0 Å². The number of rotatable bonds is 8. The van der Waals surface area contributed by atoms with Crippen molar-refractivity contribution < 1.29 is 41.0 Å². The number of benzene rings is 2. The lowest BCUT2D eigenvalue weighted by molar-refractivity contribution is -0.198. The molecular formula is C27H21F6N5O3. The zero-order chi connectivity index (χ0) is 29.9. The van der Waals surface area contributed by atoms with Crippen molar-refractivity contribution in [1.82, 2.24) is 15.0 Å². The smallest absolute Gasteiger partial charge is 0.429 e. The van der Waals surface area contributed by atoms with E-state index in [2.05, 4.69) is 15.0 Å². The number of alkyl halides is 6. The molecule has 0 aliphatic carbocycles. The fourth-order valence-corrected chi connectivity index (χ4v) is 3.96. The molecule has 14 heteroatoms. The van der Waals surface area contributed by atoms with Gasteiger partial charge in [0.15, 0.2) is 0 Å². The zero-order valence-electron chi connectivity index (χ0n) is 20.8. The maximum absolute atomic E-state index is 14.1. The summed E-state index contributed by atoms with van der Waals surface area (Å²) in [7, 11) is 0. The quantitative estimate of drug-likeness (QED) is 0.236. The SMILES string of the molecule is Nc1nc(O[C@H](c2ccc(-c3cnccc3C(F)(F)F)cc2)C(F)(F)F)cc(-c2ccc(C[C@H](N)C(=O)O)cc2)n1. The van der Waals surface area contributed by atoms with E-state index < -0.39 is 47.5 Å². The molecule has 2 atom stereocenters. The van der Waals surface area contributed by atoms with Gasteiger partial charge in [-0.05, 0) is 23.6 Å². The highest BCUT2D eigenvalue weighted by molar-refractivity contribution is 5.73. The van der Waals surface area contributed by atoms with Crippen LogP contribution in [0.3, 0.4) is 0 Å². The number of carboxylic acid groups (broad SMARTS) is 1. The number of aromatic nitrogens is 3. The van der Waals surface area contributed by atoms with Crippen molar-refractivity contribution >= 4 is 11.9 Å². The first-order chi connectivity index (χ1) is 19.2. The molecule has 0 unspecified atom stereocenters. The average Bonchev–Trinajstić information content (AvgIpc) is 2.91. The van der Waals surface area contributed by atoms with E-state index in [9.17, 15) is 31.1 Å². The van der Waals surface area contributed by atoms with E-state index in [0.717, 1.165) is 48.8 Å². The minimum atomic E-state index is -4.93. The van der Waals surface area contributed by atoms with Crippen molar-refractivity contribution in [2.24, 2.45) is 5.73 Å². The summed E-state index contributed by atoms with van der Waals surface area (Å²) in [5.41, 5.74) is 10.8. The van der Waals surface area contributed by atoms with Gasteiger partial charge in [-0.25, -0.2) is 4.98 Å². The van der Waals surface area contributed by atoms with Crippen LogP contribution in [-0.4, -0.2) is 38.2 Å². The third-order valence-corrected chi connectivity index (χ3v) is 5.93. The number of halogens is 6. The van der Waals surface area contributed by atoms with E-state index in [-0.39, 0.29) is 29.2 Å². The molecule has 2 aromatic carbocycles. The predicted octanol–water partition coefficient (Wildman–Crippen LogP) is 5.44. The topological polar surface area (TPSA) is 137 Å². The molecule has 5 N–H and O–H groups in total. The van der Waals surface area contributed by atoms with E-state index in [1.165, 1.54) is 0 Å². The fraction of sp³-hybridized carbons (Fsp3) is 0.185. The van der Waals surface area contributed by atoms with Crippen molar-refractivity contribution in [2.75, 3.05) is 5.73 Å². The second-order valence-electron chi connectivity index (χ2n) is 8.88. The van der Waals surface area contributed by atoms with Gasteiger partial charge in [-0.1, -0.05) is 48.5 Å². The molecule has 4 aromatic rings. The Kier molecular flexibility index (Phi) is 8.14. The molecule has 0 aliphatic heterocycles. The fourth-order valence-electron chi connectivity index (χ4n) is 3.96. The number of carboxylic acids is 1. The van der Waals surface area contributed by atoms with E-state index in [1.807, 2.05) is 0 Å². The van der Waals surface area contributed by atoms with Crippen molar-refractivity contribution in [1.29, 1.82) is 0 Å². The summed E-state index contributed by atoms with van der Waals surface area (Å²) in [6.07, 6.45) is -10.1. The summed E-state index contributed by atoms with van der Waals surface area (Å²) in [5.74, 6) is -2.04. The van der Waals surface area contributed by atoms with Gasteiger partial charge < -0.3 is 21.3 Å². The summed E-state index contributed by atoms with van der Waals surface area (Å²) in [6.45, 7) is 0. The second kappa shape index (κ2) is 11.4. The Morgan fingerprint density at radius 2 is 1.56 bits per heavy atom. The molecule has 2 aromatic heterocycles. The molecule has 0 fully saturated rings. The molecule has 2 heterocycles. The first-order valence-corrected chi connectivity index (χ1v) is 11.8. The minimum absolute atomic E-state index is 0.0106. The largest absolute Gasteiger partial charge is 0.480 e. The number of aliphatic carboxylic acids is 1. The van der Waals surface area contributed by atoms with Crippen LogP contribution in [0.2, 0.25) is 0 Å². The van der Waals surface area contributed by atoms with Gasteiger partial charge in [0, 0.05) is 35.2 Å². The van der Waals surface area contributed by atoms with Gasteiger partial charge in [-0.3, -0.25) is 9.78 Å². The van der Waals surface area contributed by atoms with E-state index in [0.29, 0.717) is 11.1 Å². The van der Waals surface area contributed by atoms with Crippen molar-refractivity contribution in [3.63, 3.8) is 0 Å². The molecule has 0 saturated carbocycles. The van der Waals surface area contributed by atoms with Gasteiger partial charge >= 0.3 is 18.3 Å². The van der Waals surface area contributed by atoms with E-state index in [1.54, 1.807) is 24.3 Å². The van der Waals surface area contributed by atoms with Gasteiger partial charge in [0.2, 0.25) is 17.9 Å². The minimum Gasteiger partial charge on any atom is -0.480 e. The number of carbonyl (C=O) groups is 1. The van der Waals surface area contributed by atoms with Gasteiger partial charge in [0.25, 0.3) is 0 Å². The Bertz CT molecular complexity index is 1530. The van der Waals surface area contributed by atoms with Crippen LogP contribution >= 0.6 is 0 Å². The Morgan fingerprint density at radius 1 is 0.927 bits per heavy atom. The third kappa shape index (κ3) is 7.08. The Labute approximate surface area is 228 Å². The molecule has 0 aliphatic rings. The number of nitrogens with zero attached hydrogens (tertiary/aromatic N) is 3. The van der Waals surface area contributed by atoms with Crippen LogP contribution in [0.25, 0.3) is 22.4 Å². The van der Waals surface area contributed by atoms with Crippen LogP contribution in [0.1, 0.15) is 22.8 Å². The summed E-state index contributed by atoms with van der Waals surface area (Å²) < 4.78 is 87.5. The number of pyridine rings is 1. The molecule has 0 bridgehead atoms. The second-order valence-corrected chi connectivity index (χ2v) is 8.88. The highest BCUT2D eigenvalue weighted by atomic mass is 19.4. The molecule has 0 saturated heterocycles. The molecule has 0 amide bonds. The molecule has 0 spiro atoms. The Hall–Kier alpha value is -4.72. The van der Waals surface area contributed by atoms with Crippen LogP contribution in [0.5, 0.6) is 5.88 Å². The van der Waals surface area contributed by atoms with Crippen LogP contribution in [-0.2, 0) is 17.4 Å². The Balaban J connectivity index is 1.61. The van der Waals surface area contributed by atoms with Crippen LogP contribution < -0.4 is 16.2 Å². The normalized spacial score (nSPS) is 13.4. The van der Waals surface area contributed by atoms with Crippen LogP contribution in [0, 0.1) is 0 Å². The van der Waals surface area contributed by atoms with Crippen LogP contribution in [0.4, 0.5) is 32.3 Å².